The number of nitrogens with zero attached hydrogens (tertiary/aromatic N) is 1. The van der Waals surface area contributed by atoms with Crippen molar-refractivity contribution in [3.05, 3.63) is 40.8 Å². The highest BCUT2D eigenvalue weighted by atomic mass is 16.5. The Morgan fingerprint density at radius 3 is 2.56 bits per heavy atom. The zero-order valence-corrected chi connectivity index (χ0v) is 16.2. The molecule has 0 aliphatic heterocycles. The summed E-state index contributed by atoms with van der Waals surface area (Å²) in [5, 5.41) is 9.17. The highest BCUT2D eigenvalue weighted by Crippen LogP contribution is 2.29. The van der Waals surface area contributed by atoms with Gasteiger partial charge in [0.25, 0.3) is 5.91 Å². The van der Waals surface area contributed by atoms with Crippen LogP contribution >= 0.6 is 0 Å². The molecule has 1 heterocycles. The normalized spacial score (nSPS) is 10.6. The van der Waals surface area contributed by atoms with Crippen LogP contribution in [-0.2, 0) is 11.4 Å². The molecule has 146 valence electrons. The minimum Gasteiger partial charge on any atom is -0.493 e. The summed E-state index contributed by atoms with van der Waals surface area (Å²) in [4.78, 5) is 23.9. The maximum atomic E-state index is 12.2. The fourth-order valence-corrected chi connectivity index (χ4v) is 2.42. The van der Waals surface area contributed by atoms with Gasteiger partial charge in [-0.3, -0.25) is 9.59 Å². The van der Waals surface area contributed by atoms with Crippen LogP contribution < -0.4 is 20.1 Å². The molecule has 0 spiro atoms. The number of rotatable bonds is 8. The van der Waals surface area contributed by atoms with E-state index in [0.717, 1.165) is 11.3 Å². The van der Waals surface area contributed by atoms with E-state index in [-0.39, 0.29) is 31.0 Å². The summed E-state index contributed by atoms with van der Waals surface area (Å²) in [5.41, 5.74) is 2.01. The van der Waals surface area contributed by atoms with Gasteiger partial charge in [-0.25, -0.2) is 0 Å². The van der Waals surface area contributed by atoms with Crippen LogP contribution in [0.25, 0.3) is 0 Å². The van der Waals surface area contributed by atoms with Crippen LogP contribution in [0.5, 0.6) is 11.5 Å². The van der Waals surface area contributed by atoms with Crippen LogP contribution in [0, 0.1) is 13.8 Å². The number of benzene rings is 1. The molecule has 2 aromatic rings. The van der Waals surface area contributed by atoms with Gasteiger partial charge in [0.1, 0.15) is 12.4 Å². The summed E-state index contributed by atoms with van der Waals surface area (Å²) in [6.07, 6.45) is 0. The number of nitrogens with one attached hydrogen (secondary N) is 2. The van der Waals surface area contributed by atoms with Crippen molar-refractivity contribution in [1.29, 1.82) is 0 Å². The molecule has 0 saturated carbocycles. The first-order valence-corrected chi connectivity index (χ1v) is 8.62. The van der Waals surface area contributed by atoms with Crippen LogP contribution in [0.15, 0.2) is 22.7 Å². The molecule has 0 fully saturated rings. The third-order valence-corrected chi connectivity index (χ3v) is 3.84. The average molecular weight is 375 g/mol. The predicted octanol–water partition coefficient (Wildman–Crippen LogP) is 2.13. The Bertz CT molecular complexity index is 794. The maximum absolute atomic E-state index is 12.2. The quantitative estimate of drug-likeness (QED) is 0.733. The monoisotopic (exact) mass is 375 g/mol. The fourth-order valence-electron chi connectivity index (χ4n) is 2.42. The van der Waals surface area contributed by atoms with Crippen molar-refractivity contribution in [3.63, 3.8) is 0 Å². The molecule has 8 nitrogen and oxygen atoms in total. The molecule has 2 N–H and O–H groups in total. The first-order chi connectivity index (χ1) is 12.8. The van der Waals surface area contributed by atoms with Gasteiger partial charge in [0.05, 0.1) is 24.9 Å². The summed E-state index contributed by atoms with van der Waals surface area (Å²) in [5.74, 6) is 0.990. The lowest BCUT2D eigenvalue weighted by atomic mass is 10.2. The molecule has 0 unspecified atom stereocenters. The Balaban J connectivity index is 2.02. The fraction of sp³-hybridized carbons (Fsp3) is 0.421. The number of carbonyl (C=O) groups is 2. The lowest BCUT2D eigenvalue weighted by molar-refractivity contribution is -0.120. The van der Waals surface area contributed by atoms with Gasteiger partial charge < -0.3 is 24.6 Å². The molecule has 27 heavy (non-hydrogen) atoms. The van der Waals surface area contributed by atoms with E-state index in [2.05, 4.69) is 15.8 Å². The number of hydrogen-bond donors (Lipinski definition) is 2. The largest absolute Gasteiger partial charge is 0.493 e. The second kappa shape index (κ2) is 9.07. The van der Waals surface area contributed by atoms with Crippen molar-refractivity contribution < 1.29 is 23.6 Å². The molecule has 2 rings (SSSR count). The highest BCUT2D eigenvalue weighted by Gasteiger charge is 2.15. The van der Waals surface area contributed by atoms with Crippen molar-refractivity contribution in [2.75, 3.05) is 13.7 Å². The standard InChI is InChI=1S/C19H25N3O5/c1-11(2)21-18(23)9-20-19(24)14-6-7-16(17(8-14)25-5)26-10-15-12(3)22-27-13(15)4/h6-8,11H,9-10H2,1-5H3,(H,20,24)(H,21,23). The van der Waals surface area contributed by atoms with Crippen LogP contribution in [0.1, 0.15) is 41.2 Å². The maximum Gasteiger partial charge on any atom is 0.251 e. The summed E-state index contributed by atoms with van der Waals surface area (Å²) in [7, 11) is 1.50. The van der Waals surface area contributed by atoms with E-state index in [0.29, 0.717) is 22.8 Å². The molecule has 2 amide bonds. The van der Waals surface area contributed by atoms with Gasteiger partial charge in [0.15, 0.2) is 11.5 Å². The van der Waals surface area contributed by atoms with Crippen LogP contribution in [0.4, 0.5) is 0 Å². The molecular weight excluding hydrogens is 350 g/mol. The number of aryl methyl sites for hydroxylation is 2. The third-order valence-electron chi connectivity index (χ3n) is 3.84. The Morgan fingerprint density at radius 2 is 1.96 bits per heavy atom. The Labute approximate surface area is 158 Å². The molecule has 1 aromatic carbocycles. The van der Waals surface area contributed by atoms with Crippen LogP contribution in [-0.4, -0.2) is 36.7 Å². The number of hydrogen-bond acceptors (Lipinski definition) is 6. The van der Waals surface area contributed by atoms with E-state index < -0.39 is 0 Å². The van der Waals surface area contributed by atoms with Gasteiger partial charge in [0.2, 0.25) is 5.91 Å². The number of aromatic nitrogens is 1. The number of carbonyl (C=O) groups excluding carboxylic acids is 2. The Kier molecular flexibility index (Phi) is 6.81. The minimum absolute atomic E-state index is 0.0172. The van der Waals surface area contributed by atoms with Crippen LogP contribution in [0.3, 0.4) is 0 Å². The lowest BCUT2D eigenvalue weighted by Crippen LogP contribution is -2.39. The average Bonchev–Trinajstić information content (AvgIpc) is 2.95. The lowest BCUT2D eigenvalue weighted by Gasteiger charge is -2.13. The molecule has 8 heteroatoms. The highest BCUT2D eigenvalue weighted by molar-refractivity contribution is 5.97. The molecule has 0 radical (unpaired) electrons. The Hall–Kier alpha value is -3.03. The van der Waals surface area contributed by atoms with Gasteiger partial charge in [-0.15, -0.1) is 0 Å². The van der Waals surface area contributed by atoms with Gasteiger partial charge in [-0.1, -0.05) is 5.16 Å². The van der Waals surface area contributed by atoms with Gasteiger partial charge in [-0.05, 0) is 45.9 Å². The molecule has 0 aliphatic carbocycles. The van der Waals surface area contributed by atoms with Gasteiger partial charge in [0, 0.05) is 11.6 Å². The number of methoxy groups -OCH3 is 1. The first kappa shape index (κ1) is 20.3. The smallest absolute Gasteiger partial charge is 0.251 e. The molecule has 0 bridgehead atoms. The molecule has 1 aromatic heterocycles. The second-order valence-corrected chi connectivity index (χ2v) is 6.36. The van der Waals surface area contributed by atoms with Crippen molar-refractivity contribution in [2.45, 2.75) is 40.3 Å². The van der Waals surface area contributed by atoms with Crippen LogP contribution in [0.2, 0.25) is 0 Å². The summed E-state index contributed by atoms with van der Waals surface area (Å²) in [6.45, 7) is 7.55. The summed E-state index contributed by atoms with van der Waals surface area (Å²) < 4.78 is 16.2. The molecule has 0 atom stereocenters. The summed E-state index contributed by atoms with van der Waals surface area (Å²) in [6, 6.07) is 4.85. The number of ether oxygens (including phenoxy) is 2. The summed E-state index contributed by atoms with van der Waals surface area (Å²) >= 11 is 0. The zero-order valence-electron chi connectivity index (χ0n) is 16.2. The Morgan fingerprint density at radius 1 is 1.22 bits per heavy atom. The molecule has 0 saturated heterocycles. The third kappa shape index (κ3) is 5.47. The van der Waals surface area contributed by atoms with E-state index in [1.807, 2.05) is 27.7 Å². The van der Waals surface area contributed by atoms with Crippen molar-refractivity contribution >= 4 is 11.8 Å². The van der Waals surface area contributed by atoms with E-state index >= 15 is 0 Å². The molecule has 0 aliphatic rings. The second-order valence-electron chi connectivity index (χ2n) is 6.36. The predicted molar refractivity (Wildman–Crippen MR) is 98.9 cm³/mol. The SMILES string of the molecule is COc1cc(C(=O)NCC(=O)NC(C)C)ccc1OCc1c(C)noc1C. The van der Waals surface area contributed by atoms with Gasteiger partial charge >= 0.3 is 0 Å². The first-order valence-electron chi connectivity index (χ1n) is 8.62. The van der Waals surface area contributed by atoms with E-state index in [9.17, 15) is 9.59 Å². The van der Waals surface area contributed by atoms with Crippen molar-refractivity contribution in [1.82, 2.24) is 15.8 Å². The minimum atomic E-state index is -0.371. The van der Waals surface area contributed by atoms with Gasteiger partial charge in [-0.2, -0.15) is 0 Å². The van der Waals surface area contributed by atoms with E-state index in [1.165, 1.54) is 7.11 Å². The number of amides is 2. The van der Waals surface area contributed by atoms with Crippen molar-refractivity contribution in [3.8, 4) is 11.5 Å². The van der Waals surface area contributed by atoms with E-state index in [1.54, 1.807) is 18.2 Å². The van der Waals surface area contributed by atoms with Crippen molar-refractivity contribution in [2.24, 2.45) is 0 Å². The van der Waals surface area contributed by atoms with E-state index in [4.69, 9.17) is 14.0 Å². The molecular formula is C19H25N3O5. The topological polar surface area (TPSA) is 103 Å². The zero-order chi connectivity index (χ0) is 20.0.